The van der Waals surface area contributed by atoms with Crippen molar-refractivity contribution in [3.63, 3.8) is 0 Å². The van der Waals surface area contributed by atoms with Crippen LogP contribution in [-0.2, 0) is 0 Å². The number of benzene rings is 3. The average molecular weight is 477 g/mol. The van der Waals surface area contributed by atoms with Gasteiger partial charge in [-0.2, -0.15) is 0 Å². The van der Waals surface area contributed by atoms with Crippen LogP contribution in [0.3, 0.4) is 0 Å². The number of phenolic OH excluding ortho intramolecular Hbond substituents is 1. The Hall–Kier alpha value is -4.04. The molecule has 4 rings (SSSR count). The maximum atomic E-state index is 12.4. The molecule has 3 aromatic carbocycles. The van der Waals surface area contributed by atoms with Gasteiger partial charge in [0, 0.05) is 41.2 Å². The van der Waals surface area contributed by atoms with Crippen LogP contribution in [0, 0.1) is 6.92 Å². The van der Waals surface area contributed by atoms with Gasteiger partial charge in [0.05, 0.1) is 31.5 Å². The fourth-order valence-corrected chi connectivity index (χ4v) is 4.51. The molecule has 0 radical (unpaired) electrons. The summed E-state index contributed by atoms with van der Waals surface area (Å²) < 4.78 is 16.8. The molecular formula is C26H24N2O5S. The van der Waals surface area contributed by atoms with Crippen molar-refractivity contribution in [3.8, 4) is 33.6 Å². The number of anilines is 1. The lowest BCUT2D eigenvalue weighted by Crippen LogP contribution is -1.98. The number of aromatic nitrogens is 1. The fraction of sp³-hybridized carbons (Fsp3) is 0.154. The molecule has 0 aliphatic heterocycles. The summed E-state index contributed by atoms with van der Waals surface area (Å²) in [4.78, 5) is 17.1. The Balaban J connectivity index is 1.51. The second kappa shape index (κ2) is 9.84. The smallest absolute Gasteiger partial charge is 0.187 e. The van der Waals surface area contributed by atoms with Crippen molar-refractivity contribution in [1.29, 1.82) is 0 Å². The van der Waals surface area contributed by atoms with Crippen molar-refractivity contribution < 1.29 is 24.1 Å². The maximum Gasteiger partial charge on any atom is 0.187 e. The first kappa shape index (κ1) is 23.1. The maximum absolute atomic E-state index is 12.4. The van der Waals surface area contributed by atoms with Gasteiger partial charge in [0.25, 0.3) is 0 Å². The van der Waals surface area contributed by atoms with Gasteiger partial charge in [0.1, 0.15) is 16.5 Å². The summed E-state index contributed by atoms with van der Waals surface area (Å²) in [5.41, 5.74) is 4.04. The number of fused-ring (bicyclic) bond motifs is 1. The van der Waals surface area contributed by atoms with Crippen LogP contribution in [0.5, 0.6) is 23.0 Å². The second-order valence-corrected chi connectivity index (χ2v) is 8.45. The minimum Gasteiger partial charge on any atom is -0.504 e. The number of thiazole rings is 1. The van der Waals surface area contributed by atoms with Crippen molar-refractivity contribution >= 4 is 33.0 Å². The Kier molecular flexibility index (Phi) is 6.70. The number of nitrogens with zero attached hydrogens (tertiary/aromatic N) is 1. The molecule has 174 valence electrons. The van der Waals surface area contributed by atoms with E-state index >= 15 is 0 Å². The standard InChI is InChI=1S/C26H24N2O5S/c1-15-11-17(26-28-20-13-18(31-2)14-24(33-4)25(20)34-26)5-7-19(15)27-10-9-21(29)16-6-8-23(32-3)22(30)12-16/h5-14,27,30H,1-4H3/b10-9-. The van der Waals surface area contributed by atoms with E-state index in [0.717, 1.165) is 37.8 Å². The zero-order valence-corrected chi connectivity index (χ0v) is 20.0. The van der Waals surface area contributed by atoms with Gasteiger partial charge in [-0.1, -0.05) is 0 Å². The van der Waals surface area contributed by atoms with Gasteiger partial charge < -0.3 is 24.6 Å². The average Bonchev–Trinajstić information content (AvgIpc) is 3.28. The van der Waals surface area contributed by atoms with Crippen LogP contribution in [0.2, 0.25) is 0 Å². The van der Waals surface area contributed by atoms with E-state index in [9.17, 15) is 9.90 Å². The number of ether oxygens (including phenoxy) is 3. The molecule has 0 amide bonds. The molecule has 7 nitrogen and oxygen atoms in total. The number of phenols is 1. The van der Waals surface area contributed by atoms with Crippen molar-refractivity contribution in [2.75, 3.05) is 26.6 Å². The van der Waals surface area contributed by atoms with Gasteiger partial charge in [-0.3, -0.25) is 4.79 Å². The Morgan fingerprint density at radius 2 is 1.79 bits per heavy atom. The molecule has 0 saturated carbocycles. The molecule has 0 unspecified atom stereocenters. The third-order valence-corrected chi connectivity index (χ3v) is 6.43. The van der Waals surface area contributed by atoms with E-state index in [1.807, 2.05) is 37.3 Å². The van der Waals surface area contributed by atoms with Crippen molar-refractivity contribution in [2.24, 2.45) is 0 Å². The molecule has 8 heteroatoms. The number of nitrogens with one attached hydrogen (secondary N) is 1. The van der Waals surface area contributed by atoms with E-state index in [-0.39, 0.29) is 11.5 Å². The monoisotopic (exact) mass is 476 g/mol. The summed E-state index contributed by atoms with van der Waals surface area (Å²) >= 11 is 1.56. The molecule has 0 bridgehead atoms. The van der Waals surface area contributed by atoms with Gasteiger partial charge in [0.15, 0.2) is 17.3 Å². The molecule has 0 aliphatic rings. The van der Waals surface area contributed by atoms with E-state index in [4.69, 9.17) is 19.2 Å². The molecule has 2 N–H and O–H groups in total. The van der Waals surface area contributed by atoms with Crippen LogP contribution in [0.4, 0.5) is 5.69 Å². The normalized spacial score (nSPS) is 11.1. The number of hydrogen-bond donors (Lipinski definition) is 2. The first-order valence-corrected chi connectivity index (χ1v) is 11.2. The summed E-state index contributed by atoms with van der Waals surface area (Å²) in [5.74, 6) is 1.43. The number of methoxy groups -OCH3 is 3. The van der Waals surface area contributed by atoms with Gasteiger partial charge in [0.2, 0.25) is 0 Å². The van der Waals surface area contributed by atoms with Crippen LogP contribution in [-0.4, -0.2) is 37.2 Å². The van der Waals surface area contributed by atoms with Crippen LogP contribution >= 0.6 is 11.3 Å². The van der Waals surface area contributed by atoms with Crippen molar-refractivity contribution in [3.05, 3.63) is 71.9 Å². The van der Waals surface area contributed by atoms with Gasteiger partial charge in [-0.25, -0.2) is 4.98 Å². The van der Waals surface area contributed by atoms with Gasteiger partial charge in [-0.05, 0) is 48.9 Å². The van der Waals surface area contributed by atoms with Crippen LogP contribution in [0.1, 0.15) is 15.9 Å². The highest BCUT2D eigenvalue weighted by Crippen LogP contribution is 2.39. The lowest BCUT2D eigenvalue weighted by Gasteiger charge is -2.07. The van der Waals surface area contributed by atoms with Crippen molar-refractivity contribution in [2.45, 2.75) is 6.92 Å². The highest BCUT2D eigenvalue weighted by atomic mass is 32.1. The van der Waals surface area contributed by atoms with Crippen LogP contribution < -0.4 is 19.5 Å². The third kappa shape index (κ3) is 4.67. The second-order valence-electron chi connectivity index (χ2n) is 7.46. The Morgan fingerprint density at radius 1 is 1.00 bits per heavy atom. The summed E-state index contributed by atoms with van der Waals surface area (Å²) in [6.45, 7) is 1.99. The molecule has 0 atom stereocenters. The van der Waals surface area contributed by atoms with Crippen LogP contribution in [0.25, 0.3) is 20.8 Å². The van der Waals surface area contributed by atoms with E-state index < -0.39 is 0 Å². The number of ketones is 1. The number of carbonyl (C=O) groups excluding carboxylic acids is 1. The zero-order chi connectivity index (χ0) is 24.2. The Labute approximate surface area is 201 Å². The highest BCUT2D eigenvalue weighted by molar-refractivity contribution is 7.22. The largest absolute Gasteiger partial charge is 0.504 e. The number of aromatic hydroxyl groups is 1. The molecule has 0 spiro atoms. The number of aryl methyl sites for hydroxylation is 1. The van der Waals surface area contributed by atoms with E-state index in [0.29, 0.717) is 17.1 Å². The first-order valence-electron chi connectivity index (χ1n) is 10.4. The van der Waals surface area contributed by atoms with Gasteiger partial charge >= 0.3 is 0 Å². The molecule has 0 fully saturated rings. The molecule has 1 aromatic heterocycles. The van der Waals surface area contributed by atoms with E-state index in [1.165, 1.54) is 19.3 Å². The summed E-state index contributed by atoms with van der Waals surface area (Å²) in [5, 5.41) is 13.9. The highest BCUT2D eigenvalue weighted by Gasteiger charge is 2.13. The van der Waals surface area contributed by atoms with Crippen LogP contribution in [0.15, 0.2) is 60.8 Å². The van der Waals surface area contributed by atoms with Crippen molar-refractivity contribution in [1.82, 2.24) is 4.98 Å². The minimum absolute atomic E-state index is 0.0768. The predicted molar refractivity (Wildman–Crippen MR) is 135 cm³/mol. The fourth-order valence-electron chi connectivity index (χ4n) is 3.48. The lowest BCUT2D eigenvalue weighted by molar-refractivity contribution is 0.104. The van der Waals surface area contributed by atoms with E-state index in [1.54, 1.807) is 43.9 Å². The summed E-state index contributed by atoms with van der Waals surface area (Å²) in [6, 6.07) is 14.3. The summed E-state index contributed by atoms with van der Waals surface area (Å²) in [6.07, 6.45) is 3.00. The number of allylic oxidation sites excluding steroid dienone is 1. The lowest BCUT2D eigenvalue weighted by atomic mass is 10.1. The molecule has 1 heterocycles. The SMILES string of the molecule is COc1cc(OC)c2sc(-c3ccc(N/C=C\C(=O)c4ccc(OC)c(O)c4)c(C)c3)nc2c1. The third-order valence-electron chi connectivity index (χ3n) is 5.30. The number of hydrogen-bond acceptors (Lipinski definition) is 8. The Bertz CT molecular complexity index is 1390. The molecular weight excluding hydrogens is 452 g/mol. The topological polar surface area (TPSA) is 89.9 Å². The molecule has 0 aliphatic carbocycles. The van der Waals surface area contributed by atoms with E-state index in [2.05, 4.69) is 5.32 Å². The predicted octanol–water partition coefficient (Wildman–Crippen LogP) is 5.81. The first-order chi connectivity index (χ1) is 16.4. The molecule has 4 aromatic rings. The molecule has 34 heavy (non-hydrogen) atoms. The Morgan fingerprint density at radius 3 is 2.47 bits per heavy atom. The quantitative estimate of drug-likeness (QED) is 0.245. The zero-order valence-electron chi connectivity index (χ0n) is 19.2. The van der Waals surface area contributed by atoms with Gasteiger partial charge in [-0.15, -0.1) is 11.3 Å². The molecule has 0 saturated heterocycles. The minimum atomic E-state index is -0.237. The number of rotatable bonds is 8. The number of carbonyl (C=O) groups is 1. The summed E-state index contributed by atoms with van der Waals surface area (Å²) in [7, 11) is 4.71.